The number of methoxy groups -OCH3 is 1. The van der Waals surface area contributed by atoms with Crippen molar-refractivity contribution in [3.05, 3.63) is 68.7 Å². The van der Waals surface area contributed by atoms with Crippen molar-refractivity contribution in [2.75, 3.05) is 20.7 Å². The van der Waals surface area contributed by atoms with Gasteiger partial charge in [0, 0.05) is 37.3 Å². The number of non-ortho nitro benzene ring substituents is 1. The van der Waals surface area contributed by atoms with Crippen LogP contribution in [0.25, 0.3) is 0 Å². The molecule has 0 aromatic heterocycles. The van der Waals surface area contributed by atoms with Gasteiger partial charge >= 0.3 is 0 Å². The molecule has 0 aliphatic heterocycles. The van der Waals surface area contributed by atoms with E-state index in [1.54, 1.807) is 26.3 Å². The number of nitro benzene ring substituents is 1. The monoisotopic (exact) mass is 504 g/mol. The molecule has 0 aliphatic carbocycles. The van der Waals surface area contributed by atoms with E-state index in [4.69, 9.17) is 16.3 Å². The fraction of sp³-hybridized carbons (Fsp3) is 0.278. The van der Waals surface area contributed by atoms with Crippen molar-refractivity contribution in [3.8, 4) is 5.75 Å². The molecule has 2 aromatic carbocycles. The van der Waals surface area contributed by atoms with Crippen molar-refractivity contribution < 1.29 is 9.66 Å². The van der Waals surface area contributed by atoms with E-state index in [0.29, 0.717) is 24.1 Å². The van der Waals surface area contributed by atoms with E-state index in [2.05, 4.69) is 15.6 Å². The van der Waals surface area contributed by atoms with E-state index >= 15 is 0 Å². The summed E-state index contributed by atoms with van der Waals surface area (Å²) in [5, 5.41) is 17.8. The number of nitrogens with zero attached hydrogens (tertiary/aromatic N) is 2. The summed E-state index contributed by atoms with van der Waals surface area (Å²) in [5.74, 6) is 1.34. The number of rotatable bonds is 7. The van der Waals surface area contributed by atoms with E-state index < -0.39 is 4.92 Å². The van der Waals surface area contributed by atoms with Gasteiger partial charge in [-0.15, -0.1) is 24.0 Å². The van der Waals surface area contributed by atoms with Crippen LogP contribution in [0.1, 0.15) is 11.1 Å². The highest BCUT2D eigenvalue weighted by Crippen LogP contribution is 2.22. The number of hydrogen-bond acceptors (Lipinski definition) is 4. The topological polar surface area (TPSA) is 88.8 Å². The molecule has 0 amide bonds. The van der Waals surface area contributed by atoms with Crippen LogP contribution in [0.5, 0.6) is 5.75 Å². The summed E-state index contributed by atoms with van der Waals surface area (Å²) in [5.41, 5.74) is 1.89. The Morgan fingerprint density at radius 3 is 2.67 bits per heavy atom. The summed E-state index contributed by atoms with van der Waals surface area (Å²) >= 11 is 6.23. The number of nitrogens with one attached hydrogen (secondary N) is 2. The number of guanidine groups is 1. The number of benzene rings is 2. The van der Waals surface area contributed by atoms with Crippen molar-refractivity contribution in [1.29, 1.82) is 0 Å². The molecule has 146 valence electrons. The van der Waals surface area contributed by atoms with Gasteiger partial charge in [-0.1, -0.05) is 29.8 Å². The molecule has 0 heterocycles. The van der Waals surface area contributed by atoms with Gasteiger partial charge < -0.3 is 15.4 Å². The highest BCUT2D eigenvalue weighted by atomic mass is 127. The highest BCUT2D eigenvalue weighted by Gasteiger charge is 2.07. The average molecular weight is 505 g/mol. The highest BCUT2D eigenvalue weighted by molar-refractivity contribution is 14.0. The van der Waals surface area contributed by atoms with Gasteiger partial charge in [0.2, 0.25) is 0 Å². The first-order chi connectivity index (χ1) is 12.5. The first-order valence-corrected chi connectivity index (χ1v) is 8.41. The van der Waals surface area contributed by atoms with Crippen LogP contribution in [0.15, 0.2) is 47.5 Å². The molecule has 0 fully saturated rings. The zero-order valence-electron chi connectivity index (χ0n) is 15.1. The maximum Gasteiger partial charge on any atom is 0.269 e. The Hall–Kier alpha value is -2.07. The molecule has 0 spiro atoms. The predicted octanol–water partition coefficient (Wildman–Crippen LogP) is 3.78. The first kappa shape index (κ1) is 23.0. The minimum absolute atomic E-state index is 0. The third-order valence-electron chi connectivity index (χ3n) is 3.75. The fourth-order valence-corrected chi connectivity index (χ4v) is 2.62. The molecule has 9 heteroatoms. The van der Waals surface area contributed by atoms with Gasteiger partial charge in [-0.3, -0.25) is 15.1 Å². The fourth-order valence-electron chi connectivity index (χ4n) is 2.36. The van der Waals surface area contributed by atoms with Gasteiger partial charge in [0.15, 0.2) is 5.96 Å². The summed E-state index contributed by atoms with van der Waals surface area (Å²) in [7, 11) is 3.27. The summed E-state index contributed by atoms with van der Waals surface area (Å²) in [6.07, 6.45) is 0.723. The van der Waals surface area contributed by atoms with Crippen molar-refractivity contribution in [3.63, 3.8) is 0 Å². The normalized spacial score (nSPS) is 10.7. The molecule has 2 rings (SSSR count). The second-order valence-corrected chi connectivity index (χ2v) is 5.89. The minimum atomic E-state index is -0.408. The van der Waals surface area contributed by atoms with Crippen molar-refractivity contribution in [2.24, 2.45) is 4.99 Å². The quantitative estimate of drug-likeness (QED) is 0.197. The van der Waals surface area contributed by atoms with Gasteiger partial charge in [-0.25, -0.2) is 0 Å². The second kappa shape index (κ2) is 11.6. The van der Waals surface area contributed by atoms with E-state index in [9.17, 15) is 10.1 Å². The number of nitro groups is 1. The van der Waals surface area contributed by atoms with E-state index in [1.807, 2.05) is 18.2 Å². The van der Waals surface area contributed by atoms with Crippen LogP contribution in [0.3, 0.4) is 0 Å². The van der Waals surface area contributed by atoms with Crippen LogP contribution in [0.2, 0.25) is 5.02 Å². The van der Waals surface area contributed by atoms with Crippen molar-refractivity contribution in [1.82, 2.24) is 10.6 Å². The van der Waals surface area contributed by atoms with Gasteiger partial charge in [0.25, 0.3) is 5.69 Å². The van der Waals surface area contributed by atoms with Gasteiger partial charge in [-0.2, -0.15) is 0 Å². The van der Waals surface area contributed by atoms with E-state index in [1.165, 1.54) is 12.1 Å². The van der Waals surface area contributed by atoms with Crippen LogP contribution in [-0.2, 0) is 13.0 Å². The van der Waals surface area contributed by atoms with Crippen LogP contribution in [0, 0.1) is 10.1 Å². The van der Waals surface area contributed by atoms with Gasteiger partial charge in [-0.05, 0) is 29.7 Å². The molecule has 0 aliphatic rings. The second-order valence-electron chi connectivity index (χ2n) is 5.49. The van der Waals surface area contributed by atoms with Gasteiger partial charge in [0.05, 0.1) is 12.0 Å². The molecule has 0 bridgehead atoms. The van der Waals surface area contributed by atoms with E-state index in [0.717, 1.165) is 23.3 Å². The van der Waals surface area contributed by atoms with Crippen LogP contribution in [-0.4, -0.2) is 31.6 Å². The lowest BCUT2D eigenvalue weighted by Gasteiger charge is -2.12. The van der Waals surface area contributed by atoms with Crippen LogP contribution >= 0.6 is 35.6 Å². The Morgan fingerprint density at radius 2 is 2.04 bits per heavy atom. The van der Waals surface area contributed by atoms with Crippen molar-refractivity contribution >= 4 is 47.2 Å². The molecule has 0 radical (unpaired) electrons. The average Bonchev–Trinajstić information content (AvgIpc) is 2.65. The Kier molecular flexibility index (Phi) is 9.87. The number of halogens is 2. The molecule has 0 unspecified atom stereocenters. The zero-order chi connectivity index (χ0) is 18.9. The molecular formula is C18H22ClIN4O3. The zero-order valence-corrected chi connectivity index (χ0v) is 18.2. The number of ether oxygens (including phenoxy) is 1. The van der Waals surface area contributed by atoms with Crippen molar-refractivity contribution in [2.45, 2.75) is 13.0 Å². The Balaban J connectivity index is 0.00000364. The molecule has 27 heavy (non-hydrogen) atoms. The molecule has 2 aromatic rings. The van der Waals surface area contributed by atoms with E-state index in [-0.39, 0.29) is 29.7 Å². The number of hydrogen-bond donors (Lipinski definition) is 2. The molecule has 0 atom stereocenters. The smallest absolute Gasteiger partial charge is 0.269 e. The summed E-state index contributed by atoms with van der Waals surface area (Å²) in [6, 6.07) is 12.1. The standard InChI is InChI=1S/C18H21ClN4O3.HI/c1-20-18(22-12-13-4-3-5-15(10-13)23(24)25)21-9-8-14-6-7-16(26-2)11-17(14)19;/h3-7,10-11H,8-9,12H2,1-2H3,(H2,20,21,22);1H. The van der Waals surface area contributed by atoms with Crippen LogP contribution < -0.4 is 15.4 Å². The number of aliphatic imine (C=N–C) groups is 1. The molecule has 0 saturated carbocycles. The summed E-state index contributed by atoms with van der Waals surface area (Å²) in [4.78, 5) is 14.6. The Labute approximate surface area is 180 Å². The summed E-state index contributed by atoms with van der Waals surface area (Å²) < 4.78 is 5.14. The maximum absolute atomic E-state index is 10.8. The SMILES string of the molecule is CN=C(NCCc1ccc(OC)cc1Cl)NCc1cccc([N+](=O)[O-])c1.I. The molecule has 2 N–H and O–H groups in total. The summed E-state index contributed by atoms with van der Waals surface area (Å²) in [6.45, 7) is 1.07. The molecular weight excluding hydrogens is 483 g/mol. The predicted molar refractivity (Wildman–Crippen MR) is 118 cm³/mol. The first-order valence-electron chi connectivity index (χ1n) is 8.03. The lowest BCUT2D eigenvalue weighted by atomic mass is 10.1. The largest absolute Gasteiger partial charge is 0.497 e. The third kappa shape index (κ3) is 7.22. The lowest BCUT2D eigenvalue weighted by molar-refractivity contribution is -0.384. The lowest BCUT2D eigenvalue weighted by Crippen LogP contribution is -2.37. The molecule has 0 saturated heterocycles. The maximum atomic E-state index is 10.8. The minimum Gasteiger partial charge on any atom is -0.497 e. The molecule has 7 nitrogen and oxygen atoms in total. The third-order valence-corrected chi connectivity index (χ3v) is 4.10. The Morgan fingerprint density at radius 1 is 1.26 bits per heavy atom. The van der Waals surface area contributed by atoms with Gasteiger partial charge in [0.1, 0.15) is 5.75 Å². The Bertz CT molecular complexity index is 802. The van der Waals surface area contributed by atoms with Crippen LogP contribution in [0.4, 0.5) is 5.69 Å².